The monoisotopic (exact) mass is 322 g/mol. The van der Waals surface area contributed by atoms with Crippen molar-refractivity contribution in [1.82, 2.24) is 20.3 Å². The van der Waals surface area contributed by atoms with Gasteiger partial charge in [-0.1, -0.05) is 6.07 Å². The molecule has 0 saturated heterocycles. The van der Waals surface area contributed by atoms with E-state index in [9.17, 15) is 4.79 Å². The first-order valence-corrected chi connectivity index (χ1v) is 8.16. The number of aromatic nitrogens is 3. The summed E-state index contributed by atoms with van der Waals surface area (Å²) in [6.07, 6.45) is 6.61. The molecule has 1 amide bonds. The maximum atomic E-state index is 12.1. The Kier molecular flexibility index (Phi) is 3.65. The molecule has 2 heterocycles. The lowest BCUT2D eigenvalue weighted by molar-refractivity contribution is 0.0957. The Morgan fingerprint density at radius 2 is 2.21 bits per heavy atom. The van der Waals surface area contributed by atoms with Crippen LogP contribution in [0.5, 0.6) is 11.6 Å². The summed E-state index contributed by atoms with van der Waals surface area (Å²) in [5, 5.41) is 2.77. The maximum absolute atomic E-state index is 12.1. The maximum Gasteiger partial charge on any atom is 0.255 e. The number of amides is 1. The van der Waals surface area contributed by atoms with Gasteiger partial charge in [0.25, 0.3) is 5.91 Å². The van der Waals surface area contributed by atoms with Gasteiger partial charge in [0.15, 0.2) is 5.65 Å². The van der Waals surface area contributed by atoms with Crippen LogP contribution in [0, 0.1) is 0 Å². The number of hydrogen-bond donors (Lipinski definition) is 2. The summed E-state index contributed by atoms with van der Waals surface area (Å²) in [7, 11) is 0. The molecule has 0 spiro atoms. The molecule has 1 aromatic carbocycles. The number of nitrogens with one attached hydrogen (secondary N) is 2. The number of nitrogens with zero attached hydrogens (tertiary/aromatic N) is 2. The molecule has 4 rings (SSSR count). The highest BCUT2D eigenvalue weighted by Crippen LogP contribution is 2.28. The second-order valence-electron chi connectivity index (χ2n) is 5.85. The first-order chi connectivity index (χ1) is 11.7. The van der Waals surface area contributed by atoms with E-state index in [1.807, 2.05) is 13.0 Å². The predicted octanol–water partition coefficient (Wildman–Crippen LogP) is 2.99. The quantitative estimate of drug-likeness (QED) is 0.774. The first kappa shape index (κ1) is 14.7. The number of aromatic amines is 1. The lowest BCUT2D eigenvalue weighted by Gasteiger charge is -2.07. The second-order valence-corrected chi connectivity index (χ2v) is 5.85. The molecule has 0 unspecified atom stereocenters. The molecular weight excluding hydrogens is 304 g/mol. The molecule has 0 fully saturated rings. The van der Waals surface area contributed by atoms with Gasteiger partial charge in [0.05, 0.1) is 11.8 Å². The van der Waals surface area contributed by atoms with Gasteiger partial charge in [0.1, 0.15) is 11.3 Å². The number of fused-ring (bicyclic) bond motifs is 2. The molecule has 122 valence electrons. The van der Waals surface area contributed by atoms with Crippen molar-refractivity contribution in [3.63, 3.8) is 0 Å². The van der Waals surface area contributed by atoms with Crippen LogP contribution in [-0.4, -0.2) is 27.4 Å². The van der Waals surface area contributed by atoms with E-state index in [0.717, 1.165) is 18.6 Å². The third kappa shape index (κ3) is 2.60. The van der Waals surface area contributed by atoms with Gasteiger partial charge in [-0.2, -0.15) is 0 Å². The van der Waals surface area contributed by atoms with Gasteiger partial charge < -0.3 is 15.0 Å². The van der Waals surface area contributed by atoms with Crippen molar-refractivity contribution in [3.8, 4) is 11.6 Å². The zero-order valence-electron chi connectivity index (χ0n) is 13.4. The molecule has 1 aliphatic carbocycles. The topological polar surface area (TPSA) is 79.9 Å². The van der Waals surface area contributed by atoms with E-state index in [-0.39, 0.29) is 5.91 Å². The van der Waals surface area contributed by atoms with E-state index >= 15 is 0 Å². The Bertz CT molecular complexity index is 917. The molecular formula is C18H18N4O2. The van der Waals surface area contributed by atoms with Crippen LogP contribution < -0.4 is 10.1 Å². The number of aryl methyl sites for hydroxylation is 2. The molecule has 6 heteroatoms. The van der Waals surface area contributed by atoms with Crippen LogP contribution >= 0.6 is 0 Å². The van der Waals surface area contributed by atoms with Crippen LogP contribution in [0.2, 0.25) is 0 Å². The Morgan fingerprint density at radius 3 is 3.08 bits per heavy atom. The van der Waals surface area contributed by atoms with Crippen molar-refractivity contribution in [3.05, 3.63) is 47.3 Å². The second kappa shape index (κ2) is 5.96. The highest BCUT2D eigenvalue weighted by atomic mass is 16.5. The molecule has 3 aromatic rings. The minimum atomic E-state index is -0.173. The number of carbonyl (C=O) groups excluding carboxylic acids is 1. The third-order valence-electron chi connectivity index (χ3n) is 4.23. The van der Waals surface area contributed by atoms with E-state index in [0.29, 0.717) is 29.2 Å². The van der Waals surface area contributed by atoms with Crippen LogP contribution in [0.4, 0.5) is 0 Å². The highest BCUT2D eigenvalue weighted by molar-refractivity contribution is 6.04. The van der Waals surface area contributed by atoms with Crippen molar-refractivity contribution in [2.45, 2.75) is 26.2 Å². The van der Waals surface area contributed by atoms with E-state index < -0.39 is 0 Å². The lowest BCUT2D eigenvalue weighted by atomic mass is 10.1. The number of rotatable bonds is 4. The van der Waals surface area contributed by atoms with Crippen LogP contribution in [-0.2, 0) is 12.8 Å². The molecule has 0 aliphatic heterocycles. The molecule has 0 radical (unpaired) electrons. The molecule has 0 bridgehead atoms. The molecule has 2 aromatic heterocycles. The van der Waals surface area contributed by atoms with Crippen molar-refractivity contribution in [2.75, 3.05) is 6.54 Å². The lowest BCUT2D eigenvalue weighted by Crippen LogP contribution is -2.22. The standard InChI is InChI=1S/C18H18N4O2/c1-2-19-18(23)14-9-20-17-16(14)22-15(10-21-17)24-13-7-6-11-4-3-5-12(11)8-13/h6-10H,2-5H2,1H3,(H,19,23)(H,20,21). The normalized spacial score (nSPS) is 13.0. The predicted molar refractivity (Wildman–Crippen MR) is 90.4 cm³/mol. The van der Waals surface area contributed by atoms with Gasteiger partial charge >= 0.3 is 0 Å². The van der Waals surface area contributed by atoms with Gasteiger partial charge in [-0.05, 0) is 49.4 Å². The minimum absolute atomic E-state index is 0.173. The summed E-state index contributed by atoms with van der Waals surface area (Å²) in [6, 6.07) is 6.13. The largest absolute Gasteiger partial charge is 0.437 e. The molecule has 0 atom stereocenters. The number of hydrogen-bond acceptors (Lipinski definition) is 4. The molecule has 6 nitrogen and oxygen atoms in total. The van der Waals surface area contributed by atoms with E-state index in [1.165, 1.54) is 17.5 Å². The summed E-state index contributed by atoms with van der Waals surface area (Å²) in [5.41, 5.74) is 4.29. The Balaban J connectivity index is 1.65. The number of benzene rings is 1. The average Bonchev–Trinajstić information content (AvgIpc) is 3.20. The van der Waals surface area contributed by atoms with Crippen LogP contribution in [0.1, 0.15) is 34.8 Å². The number of H-pyrrole nitrogens is 1. The fourth-order valence-electron chi connectivity index (χ4n) is 3.09. The van der Waals surface area contributed by atoms with Gasteiger partial charge in [-0.25, -0.2) is 9.97 Å². The van der Waals surface area contributed by atoms with E-state index in [2.05, 4.69) is 32.4 Å². The fourth-order valence-corrected chi connectivity index (χ4v) is 3.09. The van der Waals surface area contributed by atoms with Crippen molar-refractivity contribution >= 4 is 17.1 Å². The smallest absolute Gasteiger partial charge is 0.255 e. The Morgan fingerprint density at radius 1 is 1.33 bits per heavy atom. The zero-order valence-corrected chi connectivity index (χ0v) is 13.4. The van der Waals surface area contributed by atoms with Gasteiger partial charge in [-0.15, -0.1) is 0 Å². The number of ether oxygens (including phenoxy) is 1. The van der Waals surface area contributed by atoms with Crippen LogP contribution in [0.3, 0.4) is 0 Å². The molecule has 1 aliphatic rings. The summed E-state index contributed by atoms with van der Waals surface area (Å²) in [4.78, 5) is 23.8. The highest BCUT2D eigenvalue weighted by Gasteiger charge is 2.15. The molecule has 2 N–H and O–H groups in total. The Hall–Kier alpha value is -2.89. The SMILES string of the molecule is CCNC(=O)c1c[nH]c2ncc(Oc3ccc4c(c3)CCC4)nc12. The fraction of sp³-hybridized carbons (Fsp3) is 0.278. The average molecular weight is 322 g/mol. The zero-order chi connectivity index (χ0) is 16.5. The van der Waals surface area contributed by atoms with Gasteiger partial charge in [0, 0.05) is 12.7 Å². The van der Waals surface area contributed by atoms with E-state index in [1.54, 1.807) is 12.4 Å². The molecule has 0 saturated carbocycles. The van der Waals surface area contributed by atoms with Crippen molar-refractivity contribution in [2.24, 2.45) is 0 Å². The molecule has 24 heavy (non-hydrogen) atoms. The summed E-state index contributed by atoms with van der Waals surface area (Å²) < 4.78 is 5.86. The summed E-state index contributed by atoms with van der Waals surface area (Å²) >= 11 is 0. The summed E-state index contributed by atoms with van der Waals surface area (Å²) in [6.45, 7) is 2.44. The van der Waals surface area contributed by atoms with Crippen LogP contribution in [0.15, 0.2) is 30.6 Å². The Labute approximate surface area is 139 Å². The van der Waals surface area contributed by atoms with Crippen molar-refractivity contribution in [1.29, 1.82) is 0 Å². The summed E-state index contributed by atoms with van der Waals surface area (Å²) in [5.74, 6) is 0.956. The third-order valence-corrected chi connectivity index (χ3v) is 4.23. The van der Waals surface area contributed by atoms with Gasteiger partial charge in [-0.3, -0.25) is 4.79 Å². The van der Waals surface area contributed by atoms with Crippen LogP contribution in [0.25, 0.3) is 11.2 Å². The van der Waals surface area contributed by atoms with Gasteiger partial charge in [0.2, 0.25) is 5.88 Å². The van der Waals surface area contributed by atoms with Crippen molar-refractivity contribution < 1.29 is 9.53 Å². The van der Waals surface area contributed by atoms with E-state index in [4.69, 9.17) is 4.74 Å². The first-order valence-electron chi connectivity index (χ1n) is 8.16. The number of carbonyl (C=O) groups is 1. The minimum Gasteiger partial charge on any atom is -0.437 e.